The van der Waals surface area contributed by atoms with Crippen molar-refractivity contribution in [1.29, 1.82) is 0 Å². The van der Waals surface area contributed by atoms with Crippen LogP contribution in [0.4, 0.5) is 0 Å². The molecule has 3 aliphatic rings. The van der Waals surface area contributed by atoms with Gasteiger partial charge in [0.2, 0.25) is 0 Å². The maximum Gasteiger partial charge on any atom is 0.0686 e. The van der Waals surface area contributed by atoms with Gasteiger partial charge in [-0.3, -0.25) is 0 Å². The molecule has 0 aromatic carbocycles. The summed E-state index contributed by atoms with van der Waals surface area (Å²) in [6.45, 7) is 3.17. The minimum atomic E-state index is -0.371. The van der Waals surface area contributed by atoms with Crippen molar-refractivity contribution in [2.24, 2.45) is 11.8 Å². The molecule has 17 heavy (non-hydrogen) atoms. The Morgan fingerprint density at radius 2 is 1.88 bits per heavy atom. The first-order valence-electron chi connectivity index (χ1n) is 7.48. The van der Waals surface area contributed by atoms with Crippen molar-refractivity contribution in [2.45, 2.75) is 75.9 Å². The van der Waals surface area contributed by atoms with Crippen LogP contribution in [0.15, 0.2) is 0 Å². The SMILES string of the molecule is CC1CCCC(O)(C2CCOC3(CCC3)C2)C1. The second-order valence-corrected chi connectivity index (χ2v) is 6.88. The van der Waals surface area contributed by atoms with Crippen LogP contribution < -0.4 is 0 Å². The van der Waals surface area contributed by atoms with Crippen molar-refractivity contribution in [3.63, 3.8) is 0 Å². The molecule has 3 unspecified atom stereocenters. The molecule has 1 N–H and O–H groups in total. The maximum atomic E-state index is 11.0. The van der Waals surface area contributed by atoms with Gasteiger partial charge < -0.3 is 9.84 Å². The number of hydrogen-bond donors (Lipinski definition) is 1. The molecule has 0 bridgehead atoms. The first-order valence-corrected chi connectivity index (χ1v) is 7.48. The van der Waals surface area contributed by atoms with E-state index < -0.39 is 0 Å². The highest BCUT2D eigenvalue weighted by Crippen LogP contribution is 2.50. The highest BCUT2D eigenvalue weighted by Gasteiger charge is 2.49. The lowest BCUT2D eigenvalue weighted by Gasteiger charge is -2.52. The molecule has 0 aromatic heterocycles. The summed E-state index contributed by atoms with van der Waals surface area (Å²) in [4.78, 5) is 0. The molecular weight excluding hydrogens is 212 g/mol. The largest absolute Gasteiger partial charge is 0.390 e. The van der Waals surface area contributed by atoms with Gasteiger partial charge in [0.25, 0.3) is 0 Å². The van der Waals surface area contributed by atoms with Gasteiger partial charge in [-0.1, -0.05) is 19.8 Å². The van der Waals surface area contributed by atoms with Gasteiger partial charge in [0.15, 0.2) is 0 Å². The molecule has 0 radical (unpaired) electrons. The molecule has 0 aromatic rings. The van der Waals surface area contributed by atoms with E-state index in [0.717, 1.165) is 32.3 Å². The number of rotatable bonds is 1. The standard InChI is InChI=1S/C15H26O2/c1-12-4-2-8-15(16,10-12)13-5-9-17-14(11-13)6-3-7-14/h12-13,16H,2-11H2,1H3. The highest BCUT2D eigenvalue weighted by atomic mass is 16.5. The van der Waals surface area contributed by atoms with Crippen LogP contribution in [0.25, 0.3) is 0 Å². The first-order chi connectivity index (χ1) is 8.12. The second kappa shape index (κ2) is 4.24. The van der Waals surface area contributed by atoms with Crippen LogP contribution in [0.2, 0.25) is 0 Å². The molecule has 3 fully saturated rings. The molecular formula is C15H26O2. The average molecular weight is 238 g/mol. The molecule has 1 saturated heterocycles. The molecule has 1 aliphatic heterocycles. The van der Waals surface area contributed by atoms with Crippen LogP contribution in [-0.4, -0.2) is 22.9 Å². The summed E-state index contributed by atoms with van der Waals surface area (Å²) in [7, 11) is 0. The fourth-order valence-electron chi connectivity index (χ4n) is 4.34. The Morgan fingerprint density at radius 3 is 2.53 bits per heavy atom. The molecule has 1 heterocycles. The third kappa shape index (κ3) is 2.15. The summed E-state index contributed by atoms with van der Waals surface area (Å²) < 4.78 is 5.98. The van der Waals surface area contributed by atoms with E-state index in [9.17, 15) is 5.11 Å². The predicted molar refractivity (Wildman–Crippen MR) is 67.8 cm³/mol. The zero-order chi connectivity index (χ0) is 11.9. The van der Waals surface area contributed by atoms with Crippen LogP contribution in [0.1, 0.15) is 64.7 Å². The first kappa shape index (κ1) is 12.0. The number of ether oxygens (including phenoxy) is 1. The van der Waals surface area contributed by atoms with E-state index in [2.05, 4.69) is 6.92 Å². The van der Waals surface area contributed by atoms with E-state index in [4.69, 9.17) is 4.74 Å². The van der Waals surface area contributed by atoms with Crippen molar-refractivity contribution in [1.82, 2.24) is 0 Å². The van der Waals surface area contributed by atoms with Crippen molar-refractivity contribution in [2.75, 3.05) is 6.61 Å². The fraction of sp³-hybridized carbons (Fsp3) is 1.00. The molecule has 2 nitrogen and oxygen atoms in total. The zero-order valence-electron chi connectivity index (χ0n) is 11.1. The predicted octanol–water partition coefficient (Wildman–Crippen LogP) is 3.28. The summed E-state index contributed by atoms with van der Waals surface area (Å²) in [5.74, 6) is 1.20. The number of aliphatic hydroxyl groups is 1. The summed E-state index contributed by atoms with van der Waals surface area (Å²) in [5.41, 5.74) is -0.191. The Morgan fingerprint density at radius 1 is 1.06 bits per heavy atom. The topological polar surface area (TPSA) is 29.5 Å². The monoisotopic (exact) mass is 238 g/mol. The maximum absolute atomic E-state index is 11.0. The Balaban J connectivity index is 1.69. The van der Waals surface area contributed by atoms with Gasteiger partial charge in [0.1, 0.15) is 0 Å². The molecule has 2 heteroatoms. The van der Waals surface area contributed by atoms with Gasteiger partial charge >= 0.3 is 0 Å². The van der Waals surface area contributed by atoms with Crippen LogP contribution in [0.5, 0.6) is 0 Å². The summed E-state index contributed by atoms with van der Waals surface area (Å²) in [5, 5.41) is 11.0. The summed E-state index contributed by atoms with van der Waals surface area (Å²) >= 11 is 0. The van der Waals surface area contributed by atoms with Crippen LogP contribution >= 0.6 is 0 Å². The van der Waals surface area contributed by atoms with Gasteiger partial charge in [-0.15, -0.1) is 0 Å². The van der Waals surface area contributed by atoms with Gasteiger partial charge in [0, 0.05) is 6.61 Å². The van der Waals surface area contributed by atoms with E-state index >= 15 is 0 Å². The fourth-order valence-corrected chi connectivity index (χ4v) is 4.34. The lowest BCUT2D eigenvalue weighted by Crippen LogP contribution is -2.52. The Hall–Kier alpha value is -0.0800. The van der Waals surface area contributed by atoms with Crippen LogP contribution in [-0.2, 0) is 4.74 Å². The van der Waals surface area contributed by atoms with Gasteiger partial charge in [-0.25, -0.2) is 0 Å². The van der Waals surface area contributed by atoms with Gasteiger partial charge in [-0.05, 0) is 56.8 Å². The van der Waals surface area contributed by atoms with Crippen molar-refractivity contribution < 1.29 is 9.84 Å². The molecule has 0 amide bonds. The van der Waals surface area contributed by atoms with E-state index in [-0.39, 0.29) is 11.2 Å². The second-order valence-electron chi connectivity index (χ2n) is 6.88. The normalized spacial score (nSPS) is 45.5. The van der Waals surface area contributed by atoms with E-state index in [1.165, 1.54) is 32.1 Å². The average Bonchev–Trinajstić information content (AvgIpc) is 2.27. The summed E-state index contributed by atoms with van der Waals surface area (Å²) in [6.07, 6.45) is 10.5. The Labute approximate surface area is 105 Å². The van der Waals surface area contributed by atoms with Gasteiger partial charge in [0.05, 0.1) is 11.2 Å². The lowest BCUT2D eigenvalue weighted by molar-refractivity contribution is -0.183. The van der Waals surface area contributed by atoms with Crippen molar-refractivity contribution in [3.05, 3.63) is 0 Å². The van der Waals surface area contributed by atoms with Crippen molar-refractivity contribution in [3.8, 4) is 0 Å². The molecule has 2 aliphatic carbocycles. The third-order valence-corrected chi connectivity index (χ3v) is 5.53. The quantitative estimate of drug-likeness (QED) is 0.759. The Bertz CT molecular complexity index is 285. The van der Waals surface area contributed by atoms with E-state index in [1.54, 1.807) is 0 Å². The smallest absolute Gasteiger partial charge is 0.0686 e. The minimum absolute atomic E-state index is 0.180. The Kier molecular flexibility index (Phi) is 2.99. The number of hydrogen-bond acceptors (Lipinski definition) is 2. The lowest BCUT2D eigenvalue weighted by atomic mass is 9.63. The van der Waals surface area contributed by atoms with Crippen LogP contribution in [0.3, 0.4) is 0 Å². The minimum Gasteiger partial charge on any atom is -0.390 e. The zero-order valence-corrected chi connectivity index (χ0v) is 11.1. The highest BCUT2D eigenvalue weighted by molar-refractivity contribution is 5.00. The van der Waals surface area contributed by atoms with Crippen LogP contribution in [0, 0.1) is 11.8 Å². The third-order valence-electron chi connectivity index (χ3n) is 5.53. The van der Waals surface area contributed by atoms with E-state index in [0.29, 0.717) is 11.8 Å². The summed E-state index contributed by atoms with van der Waals surface area (Å²) in [6, 6.07) is 0. The molecule has 2 saturated carbocycles. The molecule has 3 atom stereocenters. The van der Waals surface area contributed by atoms with E-state index in [1.807, 2.05) is 0 Å². The van der Waals surface area contributed by atoms with Crippen molar-refractivity contribution >= 4 is 0 Å². The molecule has 3 rings (SSSR count). The molecule has 98 valence electrons. The molecule has 1 spiro atoms. The van der Waals surface area contributed by atoms with Gasteiger partial charge in [-0.2, -0.15) is 0 Å².